The molecular formula is C26H25BrN2O3. The summed E-state index contributed by atoms with van der Waals surface area (Å²) in [5.74, 6) is 1.37. The van der Waals surface area contributed by atoms with Crippen LogP contribution in [0.1, 0.15) is 39.2 Å². The van der Waals surface area contributed by atoms with Crippen LogP contribution in [-0.2, 0) is 4.79 Å². The monoisotopic (exact) mass is 492 g/mol. The Labute approximate surface area is 195 Å². The van der Waals surface area contributed by atoms with Crippen LogP contribution in [0.25, 0.3) is 22.6 Å². The van der Waals surface area contributed by atoms with Gasteiger partial charge in [0.05, 0.1) is 0 Å². The van der Waals surface area contributed by atoms with E-state index in [0.717, 1.165) is 21.1 Å². The number of fused-ring (bicyclic) bond motifs is 1. The smallest absolute Gasteiger partial charge is 0.267 e. The Bertz CT molecular complexity index is 1240. The normalized spacial score (nSPS) is 11.7. The quantitative estimate of drug-likeness (QED) is 0.309. The molecule has 0 saturated heterocycles. The molecule has 0 aliphatic heterocycles. The molecule has 0 saturated carbocycles. The summed E-state index contributed by atoms with van der Waals surface area (Å²) in [7, 11) is 0. The Morgan fingerprint density at radius 1 is 1.03 bits per heavy atom. The van der Waals surface area contributed by atoms with Crippen LogP contribution in [0.4, 0.5) is 5.69 Å². The molecule has 164 valence electrons. The van der Waals surface area contributed by atoms with Gasteiger partial charge in [0.1, 0.15) is 11.3 Å². The van der Waals surface area contributed by atoms with E-state index in [-0.39, 0.29) is 5.91 Å². The summed E-state index contributed by atoms with van der Waals surface area (Å²) in [6.07, 6.45) is 0. The molecule has 0 spiro atoms. The van der Waals surface area contributed by atoms with E-state index >= 15 is 0 Å². The first-order valence-electron chi connectivity index (χ1n) is 10.5. The van der Waals surface area contributed by atoms with Gasteiger partial charge in [-0.25, -0.2) is 4.98 Å². The van der Waals surface area contributed by atoms with Crippen LogP contribution in [0.3, 0.4) is 0 Å². The van der Waals surface area contributed by atoms with E-state index in [1.165, 1.54) is 5.56 Å². The zero-order valence-corrected chi connectivity index (χ0v) is 20.1. The number of benzene rings is 3. The van der Waals surface area contributed by atoms with Gasteiger partial charge in [0.15, 0.2) is 11.2 Å². The van der Waals surface area contributed by atoms with Crippen molar-refractivity contribution in [2.45, 2.75) is 39.2 Å². The summed E-state index contributed by atoms with van der Waals surface area (Å²) in [5.41, 5.74) is 3.30. The minimum Gasteiger partial charge on any atom is -0.478 e. The average Bonchev–Trinajstić information content (AvgIpc) is 3.19. The third-order valence-electron chi connectivity index (χ3n) is 5.20. The molecule has 0 bridgehead atoms. The highest BCUT2D eigenvalue weighted by Crippen LogP contribution is 2.28. The molecule has 4 rings (SSSR count). The second-order valence-electron chi connectivity index (χ2n) is 8.50. The molecule has 1 aromatic heterocycles. The maximum absolute atomic E-state index is 12.8. The molecule has 0 aliphatic rings. The van der Waals surface area contributed by atoms with Gasteiger partial charge in [-0.15, -0.1) is 0 Å². The zero-order valence-electron chi connectivity index (χ0n) is 18.5. The van der Waals surface area contributed by atoms with Crippen LogP contribution in [0.5, 0.6) is 5.75 Å². The lowest BCUT2D eigenvalue weighted by Gasteiger charge is -2.25. The van der Waals surface area contributed by atoms with Gasteiger partial charge in [-0.05, 0) is 86.0 Å². The van der Waals surface area contributed by atoms with Crippen molar-refractivity contribution in [3.05, 3.63) is 76.8 Å². The molecule has 0 aliphatic carbocycles. The second kappa shape index (κ2) is 8.79. The Morgan fingerprint density at radius 3 is 2.38 bits per heavy atom. The van der Waals surface area contributed by atoms with Crippen molar-refractivity contribution in [3.8, 4) is 17.2 Å². The molecule has 32 heavy (non-hydrogen) atoms. The fraction of sp³-hybridized carbons (Fsp3) is 0.231. The number of nitrogens with one attached hydrogen (secondary N) is 1. The number of rotatable bonds is 6. The van der Waals surface area contributed by atoms with Crippen LogP contribution in [0.2, 0.25) is 0 Å². The first kappa shape index (κ1) is 22.1. The number of carbonyl (C=O) groups is 1. The van der Waals surface area contributed by atoms with E-state index in [0.29, 0.717) is 23.2 Å². The van der Waals surface area contributed by atoms with E-state index < -0.39 is 5.60 Å². The molecule has 3 aromatic carbocycles. The molecule has 0 fully saturated rings. The maximum Gasteiger partial charge on any atom is 0.267 e. The molecule has 6 heteroatoms. The van der Waals surface area contributed by atoms with Crippen molar-refractivity contribution >= 4 is 38.6 Å². The van der Waals surface area contributed by atoms with E-state index in [1.54, 1.807) is 13.8 Å². The lowest BCUT2D eigenvalue weighted by Crippen LogP contribution is -2.42. The number of oxazole rings is 1. The zero-order chi connectivity index (χ0) is 22.9. The fourth-order valence-electron chi connectivity index (χ4n) is 3.25. The molecule has 1 amide bonds. The number of hydrogen-bond donors (Lipinski definition) is 1. The van der Waals surface area contributed by atoms with Gasteiger partial charge in [-0.3, -0.25) is 4.79 Å². The molecule has 1 heterocycles. The summed E-state index contributed by atoms with van der Waals surface area (Å²) in [6, 6.07) is 20.9. The van der Waals surface area contributed by atoms with E-state index in [4.69, 9.17) is 9.15 Å². The van der Waals surface area contributed by atoms with Crippen molar-refractivity contribution < 1.29 is 13.9 Å². The van der Waals surface area contributed by atoms with Gasteiger partial charge in [0, 0.05) is 15.7 Å². The van der Waals surface area contributed by atoms with Gasteiger partial charge < -0.3 is 14.5 Å². The van der Waals surface area contributed by atoms with Crippen molar-refractivity contribution in [2.24, 2.45) is 0 Å². The van der Waals surface area contributed by atoms with E-state index in [9.17, 15) is 4.79 Å². The number of ether oxygens (including phenoxy) is 1. The predicted molar refractivity (Wildman–Crippen MR) is 131 cm³/mol. The molecule has 0 atom stereocenters. The fourth-order valence-corrected chi connectivity index (χ4v) is 3.51. The molecular weight excluding hydrogens is 468 g/mol. The molecule has 0 radical (unpaired) electrons. The number of anilines is 1. The SMILES string of the molecule is CC(C)c1ccc2oc(-c3ccc(NC(=O)C(C)(C)Oc4ccc(Br)cc4)cc3)nc2c1. The lowest BCUT2D eigenvalue weighted by atomic mass is 10.0. The van der Waals surface area contributed by atoms with Crippen LogP contribution >= 0.6 is 15.9 Å². The number of amides is 1. The minimum absolute atomic E-state index is 0.240. The highest BCUT2D eigenvalue weighted by Gasteiger charge is 2.30. The van der Waals surface area contributed by atoms with Crippen LogP contribution in [0, 0.1) is 0 Å². The summed E-state index contributed by atoms with van der Waals surface area (Å²) in [5, 5.41) is 2.91. The number of hydrogen-bond acceptors (Lipinski definition) is 4. The Morgan fingerprint density at radius 2 is 1.72 bits per heavy atom. The van der Waals surface area contributed by atoms with Crippen LogP contribution in [0.15, 0.2) is 75.6 Å². The second-order valence-corrected chi connectivity index (χ2v) is 9.41. The number of nitrogens with zero attached hydrogens (tertiary/aromatic N) is 1. The Hall–Kier alpha value is -3.12. The standard InChI is InChI=1S/C26H25BrN2O3/c1-16(2)18-7-14-23-22(15-18)29-24(31-23)17-5-10-20(11-6-17)28-25(30)26(3,4)32-21-12-8-19(27)9-13-21/h5-16H,1-4H3,(H,28,30). The molecule has 5 nitrogen and oxygen atoms in total. The van der Waals surface area contributed by atoms with Gasteiger partial charge in [0.25, 0.3) is 5.91 Å². The lowest BCUT2D eigenvalue weighted by molar-refractivity contribution is -0.128. The Balaban J connectivity index is 1.46. The summed E-state index contributed by atoms with van der Waals surface area (Å²) < 4.78 is 12.8. The van der Waals surface area contributed by atoms with Gasteiger partial charge in [-0.1, -0.05) is 35.8 Å². The van der Waals surface area contributed by atoms with Crippen molar-refractivity contribution in [1.82, 2.24) is 4.98 Å². The van der Waals surface area contributed by atoms with Gasteiger partial charge in [0.2, 0.25) is 5.89 Å². The Kier molecular flexibility index (Phi) is 6.07. The van der Waals surface area contributed by atoms with Gasteiger partial charge >= 0.3 is 0 Å². The number of carbonyl (C=O) groups excluding carboxylic acids is 1. The van der Waals surface area contributed by atoms with E-state index in [1.807, 2.05) is 54.6 Å². The van der Waals surface area contributed by atoms with Crippen LogP contribution < -0.4 is 10.1 Å². The third-order valence-corrected chi connectivity index (χ3v) is 5.73. The van der Waals surface area contributed by atoms with Crippen molar-refractivity contribution in [2.75, 3.05) is 5.32 Å². The summed E-state index contributed by atoms with van der Waals surface area (Å²) in [4.78, 5) is 17.4. The largest absolute Gasteiger partial charge is 0.478 e. The van der Waals surface area contributed by atoms with Crippen molar-refractivity contribution in [1.29, 1.82) is 0 Å². The first-order chi connectivity index (χ1) is 15.2. The minimum atomic E-state index is -1.04. The van der Waals surface area contributed by atoms with Crippen molar-refractivity contribution in [3.63, 3.8) is 0 Å². The number of aromatic nitrogens is 1. The topological polar surface area (TPSA) is 64.4 Å². The average molecular weight is 493 g/mol. The van der Waals surface area contributed by atoms with E-state index in [2.05, 4.69) is 52.2 Å². The molecule has 1 N–H and O–H groups in total. The summed E-state index contributed by atoms with van der Waals surface area (Å²) in [6.45, 7) is 7.78. The molecule has 0 unspecified atom stereocenters. The number of halogens is 1. The molecule has 4 aromatic rings. The highest BCUT2D eigenvalue weighted by atomic mass is 79.9. The van der Waals surface area contributed by atoms with Crippen LogP contribution in [-0.4, -0.2) is 16.5 Å². The highest BCUT2D eigenvalue weighted by molar-refractivity contribution is 9.10. The van der Waals surface area contributed by atoms with Gasteiger partial charge in [-0.2, -0.15) is 0 Å². The first-order valence-corrected chi connectivity index (χ1v) is 11.3. The summed E-state index contributed by atoms with van der Waals surface area (Å²) >= 11 is 3.39. The predicted octanol–water partition coefficient (Wildman–Crippen LogP) is 7.18. The third kappa shape index (κ3) is 4.86. The maximum atomic E-state index is 12.8.